The van der Waals surface area contributed by atoms with Crippen molar-refractivity contribution in [3.63, 3.8) is 0 Å². The van der Waals surface area contributed by atoms with E-state index in [9.17, 15) is 14.0 Å². The molecule has 1 aliphatic heterocycles. The Labute approximate surface area is 141 Å². The molecule has 23 heavy (non-hydrogen) atoms. The average Bonchev–Trinajstić information content (AvgIpc) is 2.88. The number of benzene rings is 1. The molecule has 1 fully saturated rings. The van der Waals surface area contributed by atoms with Crippen molar-refractivity contribution >= 4 is 23.6 Å². The Hall–Kier alpha value is -1.56. The maximum Gasteiger partial charge on any atom is 0.233 e. The smallest absolute Gasteiger partial charge is 0.233 e. The van der Waals surface area contributed by atoms with Gasteiger partial charge in [0.05, 0.1) is 5.75 Å². The highest BCUT2D eigenvalue weighted by Gasteiger charge is 2.34. The Bertz CT molecular complexity index is 579. The molecule has 2 rings (SSSR count). The average molecular weight is 338 g/mol. The lowest BCUT2D eigenvalue weighted by Gasteiger charge is -2.31. The predicted molar refractivity (Wildman–Crippen MR) is 90.5 cm³/mol. The van der Waals surface area contributed by atoms with Crippen molar-refractivity contribution in [1.29, 1.82) is 0 Å². The Kier molecular flexibility index (Phi) is 6.04. The number of hydrogen-bond donors (Lipinski definition) is 0. The molecule has 1 atom stereocenters. The van der Waals surface area contributed by atoms with Crippen molar-refractivity contribution in [2.45, 2.75) is 38.6 Å². The first kappa shape index (κ1) is 17.8. The van der Waals surface area contributed by atoms with E-state index < -0.39 is 0 Å². The molecule has 1 aromatic carbocycles. The Morgan fingerprint density at radius 2 is 2.13 bits per heavy atom. The van der Waals surface area contributed by atoms with Crippen LogP contribution in [0.3, 0.4) is 0 Å². The largest absolute Gasteiger partial charge is 0.339 e. The third-order valence-electron chi connectivity index (χ3n) is 3.97. The lowest BCUT2D eigenvalue weighted by Crippen LogP contribution is -2.43. The van der Waals surface area contributed by atoms with E-state index in [0.29, 0.717) is 30.8 Å². The van der Waals surface area contributed by atoms with Crippen molar-refractivity contribution in [3.05, 3.63) is 35.6 Å². The standard InChI is InChI=1S/C17H23FN2O2S/c1-4-15(21)19(12(2)3)9-10-20-16(22)11-23-17(20)13-7-5-6-8-14(13)18/h5-8,12,17H,4,9-11H2,1-3H3/t17-/m0/s1. The van der Waals surface area contributed by atoms with Gasteiger partial charge in [-0.15, -0.1) is 11.8 Å². The zero-order valence-electron chi connectivity index (χ0n) is 13.8. The van der Waals surface area contributed by atoms with E-state index in [1.54, 1.807) is 28.0 Å². The van der Waals surface area contributed by atoms with Crippen molar-refractivity contribution < 1.29 is 14.0 Å². The fourth-order valence-corrected chi connectivity index (χ4v) is 3.96. The second-order valence-electron chi connectivity index (χ2n) is 5.81. The molecule has 0 radical (unpaired) electrons. The highest BCUT2D eigenvalue weighted by molar-refractivity contribution is 8.00. The molecular weight excluding hydrogens is 315 g/mol. The molecule has 1 aromatic rings. The molecule has 0 spiro atoms. The second kappa shape index (κ2) is 7.81. The first-order valence-electron chi connectivity index (χ1n) is 7.90. The van der Waals surface area contributed by atoms with E-state index in [1.807, 2.05) is 20.8 Å². The maximum atomic E-state index is 14.0. The molecule has 2 amide bonds. The van der Waals surface area contributed by atoms with E-state index >= 15 is 0 Å². The molecule has 0 unspecified atom stereocenters. The van der Waals surface area contributed by atoms with Crippen LogP contribution in [0.4, 0.5) is 4.39 Å². The maximum absolute atomic E-state index is 14.0. The molecule has 126 valence electrons. The monoisotopic (exact) mass is 338 g/mol. The minimum Gasteiger partial charge on any atom is -0.339 e. The molecule has 1 heterocycles. The SMILES string of the molecule is CCC(=O)N(CCN1C(=O)CS[C@H]1c1ccccc1F)C(C)C. The molecule has 1 saturated heterocycles. The normalized spacial score (nSPS) is 17.9. The van der Waals surface area contributed by atoms with Crippen LogP contribution in [0.15, 0.2) is 24.3 Å². The summed E-state index contributed by atoms with van der Waals surface area (Å²) in [5, 5.41) is -0.311. The Balaban J connectivity index is 2.11. The van der Waals surface area contributed by atoms with Crippen molar-refractivity contribution in [3.8, 4) is 0 Å². The summed E-state index contributed by atoms with van der Waals surface area (Å²) in [5.74, 6) is 0.121. The molecular formula is C17H23FN2O2S. The van der Waals surface area contributed by atoms with E-state index in [2.05, 4.69) is 0 Å². The van der Waals surface area contributed by atoms with Gasteiger partial charge in [-0.3, -0.25) is 9.59 Å². The fraction of sp³-hybridized carbons (Fsp3) is 0.529. The van der Waals surface area contributed by atoms with Crippen LogP contribution >= 0.6 is 11.8 Å². The lowest BCUT2D eigenvalue weighted by molar-refractivity contribution is -0.135. The minimum atomic E-state index is -0.311. The van der Waals surface area contributed by atoms with Crippen molar-refractivity contribution in [2.75, 3.05) is 18.8 Å². The molecule has 0 bridgehead atoms. The number of halogens is 1. The molecule has 0 N–H and O–H groups in total. The summed E-state index contributed by atoms with van der Waals surface area (Å²) in [5.41, 5.74) is 0.529. The van der Waals surface area contributed by atoms with Gasteiger partial charge in [-0.25, -0.2) is 4.39 Å². The van der Waals surface area contributed by atoms with Crippen LogP contribution < -0.4 is 0 Å². The highest BCUT2D eigenvalue weighted by Crippen LogP contribution is 2.39. The Morgan fingerprint density at radius 3 is 2.74 bits per heavy atom. The highest BCUT2D eigenvalue weighted by atomic mass is 32.2. The molecule has 0 aliphatic carbocycles. The number of carbonyl (C=O) groups is 2. The first-order valence-corrected chi connectivity index (χ1v) is 8.95. The van der Waals surface area contributed by atoms with Gasteiger partial charge in [-0.1, -0.05) is 25.1 Å². The molecule has 1 aliphatic rings. The number of carbonyl (C=O) groups excluding carboxylic acids is 2. The predicted octanol–water partition coefficient (Wildman–Crippen LogP) is 3.05. The number of hydrogen-bond acceptors (Lipinski definition) is 3. The van der Waals surface area contributed by atoms with Gasteiger partial charge in [-0.2, -0.15) is 0 Å². The fourth-order valence-electron chi connectivity index (χ4n) is 2.72. The van der Waals surface area contributed by atoms with Gasteiger partial charge >= 0.3 is 0 Å². The molecule has 0 saturated carbocycles. The summed E-state index contributed by atoms with van der Waals surface area (Å²) < 4.78 is 14.0. The molecule has 6 heteroatoms. The van der Waals surface area contributed by atoms with Gasteiger partial charge < -0.3 is 9.80 Å². The van der Waals surface area contributed by atoms with Gasteiger partial charge in [0.15, 0.2) is 0 Å². The van der Waals surface area contributed by atoms with Crippen LogP contribution in [0.5, 0.6) is 0 Å². The van der Waals surface area contributed by atoms with Crippen LogP contribution in [0.1, 0.15) is 38.1 Å². The number of rotatable bonds is 6. The summed E-state index contributed by atoms with van der Waals surface area (Å²) >= 11 is 1.43. The third kappa shape index (κ3) is 4.05. The van der Waals surface area contributed by atoms with Gasteiger partial charge in [0, 0.05) is 31.1 Å². The first-order chi connectivity index (χ1) is 11.0. The van der Waals surface area contributed by atoms with Crippen LogP contribution in [-0.4, -0.2) is 46.5 Å². The summed E-state index contributed by atoms with van der Waals surface area (Å²) in [6, 6.07) is 6.64. The van der Waals surface area contributed by atoms with Crippen molar-refractivity contribution in [1.82, 2.24) is 9.80 Å². The lowest BCUT2D eigenvalue weighted by atomic mass is 10.2. The number of thioether (sulfide) groups is 1. The summed E-state index contributed by atoms with van der Waals surface area (Å²) in [7, 11) is 0. The van der Waals surface area contributed by atoms with Crippen molar-refractivity contribution in [2.24, 2.45) is 0 Å². The van der Waals surface area contributed by atoms with Gasteiger partial charge in [0.1, 0.15) is 11.2 Å². The third-order valence-corrected chi connectivity index (χ3v) is 5.21. The van der Waals surface area contributed by atoms with Gasteiger partial charge in [-0.05, 0) is 19.9 Å². The van der Waals surface area contributed by atoms with E-state index in [0.717, 1.165) is 0 Å². The zero-order valence-corrected chi connectivity index (χ0v) is 14.6. The summed E-state index contributed by atoms with van der Waals surface area (Å²) in [4.78, 5) is 27.6. The summed E-state index contributed by atoms with van der Waals surface area (Å²) in [6.45, 7) is 6.65. The number of amides is 2. The van der Waals surface area contributed by atoms with Crippen LogP contribution in [0.25, 0.3) is 0 Å². The quantitative estimate of drug-likeness (QED) is 0.800. The summed E-state index contributed by atoms with van der Waals surface area (Å²) in [6.07, 6.45) is 0.442. The van der Waals surface area contributed by atoms with Crippen LogP contribution in [-0.2, 0) is 9.59 Å². The van der Waals surface area contributed by atoms with Gasteiger partial charge in [0.2, 0.25) is 11.8 Å². The number of nitrogens with zero attached hydrogens (tertiary/aromatic N) is 2. The van der Waals surface area contributed by atoms with Crippen LogP contribution in [0, 0.1) is 5.82 Å². The van der Waals surface area contributed by atoms with E-state index in [4.69, 9.17) is 0 Å². The molecule has 4 nitrogen and oxygen atoms in total. The van der Waals surface area contributed by atoms with E-state index in [-0.39, 0.29) is 29.0 Å². The zero-order chi connectivity index (χ0) is 17.0. The molecule has 0 aromatic heterocycles. The van der Waals surface area contributed by atoms with Crippen LogP contribution in [0.2, 0.25) is 0 Å². The second-order valence-corrected chi connectivity index (χ2v) is 6.87. The Morgan fingerprint density at radius 1 is 1.43 bits per heavy atom. The van der Waals surface area contributed by atoms with Gasteiger partial charge in [0.25, 0.3) is 0 Å². The topological polar surface area (TPSA) is 40.6 Å². The minimum absolute atomic E-state index is 0.00379. The van der Waals surface area contributed by atoms with E-state index in [1.165, 1.54) is 17.8 Å².